The molecule has 1 aromatic carbocycles. The second-order valence-corrected chi connectivity index (χ2v) is 6.97. The van der Waals surface area contributed by atoms with Gasteiger partial charge in [0.1, 0.15) is 11.8 Å². The lowest BCUT2D eigenvalue weighted by Gasteiger charge is -2.23. The van der Waals surface area contributed by atoms with Crippen molar-refractivity contribution in [2.45, 2.75) is 45.1 Å². The molecule has 0 radical (unpaired) electrons. The van der Waals surface area contributed by atoms with E-state index >= 15 is 0 Å². The molecule has 1 N–H and O–H groups in total. The molecule has 2 heterocycles. The van der Waals surface area contributed by atoms with Gasteiger partial charge in [0.15, 0.2) is 5.82 Å². The van der Waals surface area contributed by atoms with E-state index in [-0.39, 0.29) is 17.2 Å². The average molecular weight is 327 g/mol. The third kappa shape index (κ3) is 3.18. The summed E-state index contributed by atoms with van der Waals surface area (Å²) in [5.41, 5.74) is 0.547. The number of anilines is 2. The molecular weight excluding hydrogens is 306 g/mol. The number of carbonyl (C=O) groups is 2. The molecule has 0 aliphatic carbocycles. The van der Waals surface area contributed by atoms with Crippen LogP contribution in [-0.2, 0) is 15.0 Å². The molecule has 1 aliphatic heterocycles. The van der Waals surface area contributed by atoms with E-state index in [0.717, 1.165) is 5.69 Å². The molecule has 0 spiro atoms. The van der Waals surface area contributed by atoms with Crippen molar-refractivity contribution < 1.29 is 14.1 Å². The van der Waals surface area contributed by atoms with Gasteiger partial charge in [-0.25, -0.2) is 0 Å². The molecule has 6 heteroatoms. The zero-order chi connectivity index (χ0) is 17.3. The number of benzene rings is 1. The first-order valence-electron chi connectivity index (χ1n) is 8.01. The van der Waals surface area contributed by atoms with Crippen molar-refractivity contribution in [3.8, 4) is 0 Å². The average Bonchev–Trinajstić information content (AvgIpc) is 3.14. The summed E-state index contributed by atoms with van der Waals surface area (Å²) in [4.78, 5) is 26.4. The van der Waals surface area contributed by atoms with Gasteiger partial charge in [-0.05, 0) is 18.6 Å². The molecule has 3 rings (SSSR count). The van der Waals surface area contributed by atoms with Crippen LogP contribution in [-0.4, -0.2) is 23.0 Å². The molecule has 2 aromatic rings. The summed E-state index contributed by atoms with van der Waals surface area (Å²) < 4.78 is 5.28. The van der Waals surface area contributed by atoms with Crippen molar-refractivity contribution in [1.29, 1.82) is 0 Å². The number of carbonyl (C=O) groups excluding carboxylic acids is 2. The zero-order valence-electron chi connectivity index (χ0n) is 14.1. The number of nitrogens with one attached hydrogen (secondary N) is 1. The van der Waals surface area contributed by atoms with Crippen molar-refractivity contribution in [1.82, 2.24) is 5.16 Å². The Bertz CT molecular complexity index is 746. The minimum absolute atomic E-state index is 0.0446. The molecule has 1 fully saturated rings. The predicted molar refractivity (Wildman–Crippen MR) is 90.8 cm³/mol. The Labute approximate surface area is 140 Å². The number of rotatable bonds is 3. The van der Waals surface area contributed by atoms with Crippen LogP contribution in [0.5, 0.6) is 0 Å². The Hall–Kier alpha value is -2.63. The minimum atomic E-state index is -0.533. The quantitative estimate of drug-likeness (QED) is 0.940. The van der Waals surface area contributed by atoms with E-state index in [1.54, 1.807) is 11.0 Å². The third-order valence-electron chi connectivity index (χ3n) is 4.05. The van der Waals surface area contributed by atoms with Gasteiger partial charge < -0.3 is 9.84 Å². The molecule has 1 saturated heterocycles. The van der Waals surface area contributed by atoms with Gasteiger partial charge in [-0.15, -0.1) is 0 Å². The van der Waals surface area contributed by atoms with Crippen LogP contribution in [0.3, 0.4) is 0 Å². The van der Waals surface area contributed by atoms with Crippen LogP contribution in [0.2, 0.25) is 0 Å². The maximum atomic E-state index is 12.6. The van der Waals surface area contributed by atoms with Crippen molar-refractivity contribution in [2.75, 3.05) is 10.2 Å². The summed E-state index contributed by atoms with van der Waals surface area (Å²) >= 11 is 0. The van der Waals surface area contributed by atoms with Gasteiger partial charge in [0, 0.05) is 23.6 Å². The van der Waals surface area contributed by atoms with Crippen LogP contribution in [0.4, 0.5) is 11.5 Å². The Kier molecular flexibility index (Phi) is 4.13. The fraction of sp³-hybridized carbons (Fsp3) is 0.389. The van der Waals surface area contributed by atoms with Crippen molar-refractivity contribution in [3.05, 3.63) is 42.2 Å². The monoisotopic (exact) mass is 327 g/mol. The minimum Gasteiger partial charge on any atom is -0.359 e. The summed E-state index contributed by atoms with van der Waals surface area (Å²) in [6.07, 6.45) is 0.850. The third-order valence-corrected chi connectivity index (χ3v) is 4.05. The van der Waals surface area contributed by atoms with Crippen LogP contribution in [0, 0.1) is 0 Å². The number of hydrogen-bond acceptors (Lipinski definition) is 4. The lowest BCUT2D eigenvalue weighted by Crippen LogP contribution is -2.41. The Morgan fingerprint density at radius 3 is 2.62 bits per heavy atom. The Morgan fingerprint density at radius 1 is 1.29 bits per heavy atom. The van der Waals surface area contributed by atoms with Gasteiger partial charge in [-0.2, -0.15) is 0 Å². The first-order chi connectivity index (χ1) is 11.4. The van der Waals surface area contributed by atoms with Crippen molar-refractivity contribution in [2.24, 2.45) is 0 Å². The maximum Gasteiger partial charge on any atom is 0.248 e. The summed E-state index contributed by atoms with van der Waals surface area (Å²) in [5.74, 6) is 0.771. The molecule has 24 heavy (non-hydrogen) atoms. The van der Waals surface area contributed by atoms with E-state index in [1.165, 1.54) is 0 Å². The maximum absolute atomic E-state index is 12.6. The van der Waals surface area contributed by atoms with Gasteiger partial charge in [0.25, 0.3) is 0 Å². The molecule has 126 valence electrons. The molecule has 2 amide bonds. The number of amides is 2. The van der Waals surface area contributed by atoms with E-state index in [0.29, 0.717) is 24.4 Å². The summed E-state index contributed by atoms with van der Waals surface area (Å²) in [5, 5.41) is 6.66. The molecule has 6 nitrogen and oxygen atoms in total. The topological polar surface area (TPSA) is 75.4 Å². The van der Waals surface area contributed by atoms with E-state index < -0.39 is 6.04 Å². The molecule has 1 aliphatic rings. The van der Waals surface area contributed by atoms with Crippen LogP contribution >= 0.6 is 0 Å². The second-order valence-electron chi connectivity index (χ2n) is 6.97. The van der Waals surface area contributed by atoms with Crippen LogP contribution in [0.1, 0.15) is 39.4 Å². The number of nitrogens with zero attached hydrogens (tertiary/aromatic N) is 2. The highest BCUT2D eigenvalue weighted by atomic mass is 16.5. The largest absolute Gasteiger partial charge is 0.359 e. The van der Waals surface area contributed by atoms with Crippen LogP contribution in [0.15, 0.2) is 40.9 Å². The molecular formula is C18H21N3O3. The first-order valence-corrected chi connectivity index (χ1v) is 8.01. The predicted octanol–water partition coefficient (Wildman–Crippen LogP) is 3.11. The summed E-state index contributed by atoms with van der Waals surface area (Å²) in [7, 11) is 0. The summed E-state index contributed by atoms with van der Waals surface area (Å²) in [6, 6.07) is 10.4. The van der Waals surface area contributed by atoms with E-state index in [4.69, 9.17) is 4.52 Å². The Balaban J connectivity index is 1.77. The zero-order valence-corrected chi connectivity index (χ0v) is 14.1. The first kappa shape index (κ1) is 16.2. The van der Waals surface area contributed by atoms with Gasteiger partial charge in [-0.1, -0.05) is 44.1 Å². The fourth-order valence-corrected chi connectivity index (χ4v) is 2.74. The van der Waals surface area contributed by atoms with E-state index in [1.807, 2.05) is 51.1 Å². The highest BCUT2D eigenvalue weighted by Gasteiger charge is 2.37. The number of aromatic nitrogens is 1. The molecule has 1 aromatic heterocycles. The lowest BCUT2D eigenvalue weighted by atomic mass is 9.93. The normalized spacial score (nSPS) is 18.0. The van der Waals surface area contributed by atoms with E-state index in [2.05, 4.69) is 10.5 Å². The number of para-hydroxylation sites is 1. The second kappa shape index (κ2) is 6.11. The standard InChI is InChI=1S/C18H21N3O3/c1-18(2,3)14-11-15(20-24-14)19-17(23)13-9-10-16(22)21(13)12-7-5-4-6-8-12/h4-8,11,13H,9-10H2,1-3H3,(H,19,20,23). The van der Waals surface area contributed by atoms with E-state index in [9.17, 15) is 9.59 Å². The summed E-state index contributed by atoms with van der Waals surface area (Å²) in [6.45, 7) is 6.02. The molecule has 1 atom stereocenters. The highest BCUT2D eigenvalue weighted by molar-refractivity contribution is 6.07. The van der Waals surface area contributed by atoms with Gasteiger partial charge in [0.2, 0.25) is 11.8 Å². The highest BCUT2D eigenvalue weighted by Crippen LogP contribution is 2.28. The Morgan fingerprint density at radius 2 is 2.00 bits per heavy atom. The smallest absolute Gasteiger partial charge is 0.248 e. The van der Waals surface area contributed by atoms with Crippen molar-refractivity contribution in [3.63, 3.8) is 0 Å². The van der Waals surface area contributed by atoms with Crippen LogP contribution < -0.4 is 10.2 Å². The lowest BCUT2D eigenvalue weighted by molar-refractivity contribution is -0.120. The van der Waals surface area contributed by atoms with Crippen molar-refractivity contribution >= 4 is 23.3 Å². The molecule has 0 saturated carbocycles. The SMILES string of the molecule is CC(C)(C)c1cc(NC(=O)C2CCC(=O)N2c2ccccc2)no1. The van der Waals surface area contributed by atoms with Crippen LogP contribution in [0.25, 0.3) is 0 Å². The molecule has 0 bridgehead atoms. The van der Waals surface area contributed by atoms with Gasteiger partial charge in [-0.3, -0.25) is 14.5 Å². The van der Waals surface area contributed by atoms with Gasteiger partial charge in [0.05, 0.1) is 0 Å². The van der Waals surface area contributed by atoms with Gasteiger partial charge >= 0.3 is 0 Å². The number of hydrogen-bond donors (Lipinski definition) is 1. The fourth-order valence-electron chi connectivity index (χ4n) is 2.74. The molecule has 1 unspecified atom stereocenters.